The van der Waals surface area contributed by atoms with E-state index in [-0.39, 0.29) is 10.8 Å². The van der Waals surface area contributed by atoms with Gasteiger partial charge >= 0.3 is 0 Å². The summed E-state index contributed by atoms with van der Waals surface area (Å²) < 4.78 is 5.50. The topological polar surface area (TPSA) is 33.1 Å². The predicted octanol–water partition coefficient (Wildman–Crippen LogP) is 6.30. The van der Waals surface area contributed by atoms with E-state index in [1.807, 2.05) is 13.0 Å². The van der Waals surface area contributed by atoms with Crippen LogP contribution >= 0.6 is 0 Å². The fourth-order valence-corrected chi connectivity index (χ4v) is 2.04. The van der Waals surface area contributed by atoms with Gasteiger partial charge in [0.05, 0.1) is 6.61 Å². The standard InChI is InChI=1S/C20H35NO/c1-9-16(3)11-14-20(7,8)17(4)12-13-19(5,6)15-22-18(21)10-2/h9,21H,1,3-4,10-15H2,2,5-8H3. The molecule has 0 heterocycles. The fraction of sp³-hybridized carbons (Fsp3) is 0.650. The van der Waals surface area contributed by atoms with Gasteiger partial charge < -0.3 is 4.74 Å². The van der Waals surface area contributed by atoms with Gasteiger partial charge in [0.15, 0.2) is 5.90 Å². The second-order valence-electron chi connectivity index (χ2n) is 7.58. The first kappa shape index (κ1) is 20.7. The Labute approximate surface area is 137 Å². The Morgan fingerprint density at radius 3 is 2.18 bits per heavy atom. The highest BCUT2D eigenvalue weighted by Crippen LogP contribution is 2.37. The molecule has 2 heteroatoms. The first-order valence-electron chi connectivity index (χ1n) is 8.23. The van der Waals surface area contributed by atoms with E-state index in [9.17, 15) is 0 Å². The molecule has 0 saturated carbocycles. The van der Waals surface area contributed by atoms with Crippen LogP contribution in [0.3, 0.4) is 0 Å². The van der Waals surface area contributed by atoms with Gasteiger partial charge in [0.25, 0.3) is 0 Å². The van der Waals surface area contributed by atoms with E-state index in [0.29, 0.717) is 18.9 Å². The van der Waals surface area contributed by atoms with Crippen molar-refractivity contribution >= 4 is 5.90 Å². The highest BCUT2D eigenvalue weighted by molar-refractivity contribution is 5.72. The highest BCUT2D eigenvalue weighted by Gasteiger charge is 2.25. The van der Waals surface area contributed by atoms with Crippen molar-refractivity contribution in [1.29, 1.82) is 5.41 Å². The number of hydrogen-bond donors (Lipinski definition) is 1. The zero-order valence-electron chi connectivity index (χ0n) is 15.3. The molecule has 0 aliphatic heterocycles. The van der Waals surface area contributed by atoms with Crippen LogP contribution in [-0.4, -0.2) is 12.5 Å². The molecule has 2 nitrogen and oxygen atoms in total. The smallest absolute Gasteiger partial charge is 0.180 e. The lowest BCUT2D eigenvalue weighted by Crippen LogP contribution is -2.23. The van der Waals surface area contributed by atoms with Crippen LogP contribution in [0.1, 0.15) is 66.7 Å². The monoisotopic (exact) mass is 305 g/mol. The van der Waals surface area contributed by atoms with Gasteiger partial charge in [-0.3, -0.25) is 5.41 Å². The van der Waals surface area contributed by atoms with E-state index in [1.54, 1.807) is 0 Å². The minimum atomic E-state index is 0.0607. The maximum Gasteiger partial charge on any atom is 0.180 e. The van der Waals surface area contributed by atoms with Crippen LogP contribution in [0.2, 0.25) is 0 Å². The fourth-order valence-electron chi connectivity index (χ4n) is 2.04. The zero-order valence-corrected chi connectivity index (χ0v) is 15.3. The van der Waals surface area contributed by atoms with Crippen LogP contribution in [0.5, 0.6) is 0 Å². The molecule has 0 radical (unpaired) electrons. The van der Waals surface area contributed by atoms with Gasteiger partial charge in [0.2, 0.25) is 0 Å². The Morgan fingerprint density at radius 2 is 1.68 bits per heavy atom. The summed E-state index contributed by atoms with van der Waals surface area (Å²) in [5, 5.41) is 7.59. The van der Waals surface area contributed by atoms with E-state index < -0.39 is 0 Å². The van der Waals surface area contributed by atoms with Gasteiger partial charge in [0, 0.05) is 6.42 Å². The minimum absolute atomic E-state index is 0.0607. The van der Waals surface area contributed by atoms with Crippen LogP contribution in [0.4, 0.5) is 0 Å². The number of hydrogen-bond acceptors (Lipinski definition) is 2. The van der Waals surface area contributed by atoms with Crippen molar-refractivity contribution in [2.45, 2.75) is 66.7 Å². The Hall–Kier alpha value is -1.31. The molecule has 0 atom stereocenters. The first-order chi connectivity index (χ1) is 10.0. The van der Waals surface area contributed by atoms with E-state index >= 15 is 0 Å². The van der Waals surface area contributed by atoms with Gasteiger partial charge in [-0.2, -0.15) is 0 Å². The molecule has 1 N–H and O–H groups in total. The average molecular weight is 306 g/mol. The molecule has 0 aliphatic rings. The largest absolute Gasteiger partial charge is 0.481 e. The summed E-state index contributed by atoms with van der Waals surface area (Å²) in [5.41, 5.74) is 2.54. The third kappa shape index (κ3) is 8.21. The molecule has 126 valence electrons. The highest BCUT2D eigenvalue weighted by atomic mass is 16.5. The van der Waals surface area contributed by atoms with E-state index in [2.05, 4.69) is 47.4 Å². The lowest BCUT2D eigenvalue weighted by atomic mass is 9.75. The second kappa shape index (κ2) is 8.97. The van der Waals surface area contributed by atoms with Crippen LogP contribution < -0.4 is 0 Å². The van der Waals surface area contributed by atoms with Crippen molar-refractivity contribution in [1.82, 2.24) is 0 Å². The molecule has 0 amide bonds. The molecule has 0 aromatic rings. The molecular weight excluding hydrogens is 270 g/mol. The number of nitrogens with one attached hydrogen (secondary N) is 1. The summed E-state index contributed by atoms with van der Waals surface area (Å²) in [6, 6.07) is 0. The molecular formula is C20H35NO. The third-order valence-electron chi connectivity index (χ3n) is 4.38. The van der Waals surface area contributed by atoms with Gasteiger partial charge in [-0.1, -0.05) is 71.6 Å². The molecule has 0 unspecified atom stereocenters. The maximum atomic E-state index is 7.59. The number of allylic oxidation sites excluding steroid dienone is 3. The van der Waals surface area contributed by atoms with Crippen molar-refractivity contribution in [3.8, 4) is 0 Å². The Bertz CT molecular complexity index is 415. The van der Waals surface area contributed by atoms with Crippen LogP contribution in [0.15, 0.2) is 37.0 Å². The summed E-state index contributed by atoms with van der Waals surface area (Å²) in [5.74, 6) is 0.371. The second-order valence-corrected chi connectivity index (χ2v) is 7.58. The summed E-state index contributed by atoms with van der Waals surface area (Å²) in [6.45, 7) is 23.5. The van der Waals surface area contributed by atoms with E-state index in [0.717, 1.165) is 31.3 Å². The Kier molecular flexibility index (Phi) is 8.44. The Balaban J connectivity index is 4.36. The van der Waals surface area contributed by atoms with Crippen molar-refractivity contribution in [2.75, 3.05) is 6.61 Å². The molecule has 0 bridgehead atoms. The summed E-state index contributed by atoms with van der Waals surface area (Å²) in [4.78, 5) is 0. The van der Waals surface area contributed by atoms with Crippen molar-refractivity contribution < 1.29 is 4.74 Å². The van der Waals surface area contributed by atoms with Crippen LogP contribution in [0.25, 0.3) is 0 Å². The summed E-state index contributed by atoms with van der Waals surface area (Å²) in [7, 11) is 0. The average Bonchev–Trinajstić information content (AvgIpc) is 2.47. The summed E-state index contributed by atoms with van der Waals surface area (Å²) >= 11 is 0. The molecule has 0 aliphatic carbocycles. The minimum Gasteiger partial charge on any atom is -0.481 e. The van der Waals surface area contributed by atoms with E-state index in [1.165, 1.54) is 5.57 Å². The van der Waals surface area contributed by atoms with Crippen molar-refractivity contribution in [2.24, 2.45) is 10.8 Å². The number of rotatable bonds is 11. The first-order valence-corrected chi connectivity index (χ1v) is 8.23. The molecule has 0 fully saturated rings. The van der Waals surface area contributed by atoms with Crippen molar-refractivity contribution in [3.05, 3.63) is 37.0 Å². The summed E-state index contributed by atoms with van der Waals surface area (Å²) in [6.07, 6.45) is 6.52. The molecule has 0 spiro atoms. The van der Waals surface area contributed by atoms with Crippen molar-refractivity contribution in [3.63, 3.8) is 0 Å². The molecule has 0 aromatic heterocycles. The predicted molar refractivity (Wildman–Crippen MR) is 98.5 cm³/mol. The SMILES string of the molecule is C=CC(=C)CCC(C)(C)C(=C)CCC(C)(C)COC(=N)CC. The number of ether oxygens (including phenoxy) is 1. The lowest BCUT2D eigenvalue weighted by molar-refractivity contribution is 0.154. The molecule has 0 aromatic carbocycles. The zero-order chi connectivity index (χ0) is 17.4. The quantitative estimate of drug-likeness (QED) is 0.206. The van der Waals surface area contributed by atoms with Crippen LogP contribution in [0, 0.1) is 16.2 Å². The molecule has 22 heavy (non-hydrogen) atoms. The van der Waals surface area contributed by atoms with E-state index in [4.69, 9.17) is 10.1 Å². The molecule has 0 saturated heterocycles. The van der Waals surface area contributed by atoms with Crippen LogP contribution in [-0.2, 0) is 4.74 Å². The normalized spacial score (nSPS) is 11.9. The lowest BCUT2D eigenvalue weighted by Gasteiger charge is -2.31. The third-order valence-corrected chi connectivity index (χ3v) is 4.38. The maximum absolute atomic E-state index is 7.59. The van der Waals surface area contributed by atoms with Gasteiger partial charge in [0.1, 0.15) is 0 Å². The van der Waals surface area contributed by atoms with Gasteiger partial charge in [-0.25, -0.2) is 0 Å². The van der Waals surface area contributed by atoms with Gasteiger partial charge in [-0.05, 0) is 36.5 Å². The Morgan fingerprint density at radius 1 is 1.09 bits per heavy atom. The molecule has 0 rings (SSSR count). The van der Waals surface area contributed by atoms with Gasteiger partial charge in [-0.15, -0.1) is 0 Å².